The van der Waals surface area contributed by atoms with Crippen LogP contribution in [0, 0.1) is 12.8 Å². The smallest absolute Gasteiger partial charge is 0.407 e. The summed E-state index contributed by atoms with van der Waals surface area (Å²) in [5.74, 6) is -0.162. The average Bonchev–Trinajstić information content (AvgIpc) is 3.55. The number of thiophene rings is 1. The third-order valence-electron chi connectivity index (χ3n) is 10.6. The number of amides is 3. The topological polar surface area (TPSA) is 145 Å². The molecular formula is C42H46N4O7S. The molecule has 2 bridgehead atoms. The van der Waals surface area contributed by atoms with Gasteiger partial charge in [-0.15, -0.1) is 11.3 Å². The first kappa shape index (κ1) is 37.1. The molecule has 4 aromatic rings. The number of carbonyl (C=O) groups excluding carboxylic acids is 4. The van der Waals surface area contributed by atoms with Crippen molar-refractivity contribution in [3.05, 3.63) is 87.6 Å². The summed E-state index contributed by atoms with van der Waals surface area (Å²) in [6.45, 7) is 7.98. The molecule has 8 rings (SSSR count). The van der Waals surface area contributed by atoms with Gasteiger partial charge in [0.1, 0.15) is 17.0 Å². The lowest BCUT2D eigenvalue weighted by Gasteiger charge is -2.46. The molecular weight excluding hydrogens is 705 g/mol. The Labute approximate surface area is 319 Å². The number of carbonyl (C=O) groups is 4. The fourth-order valence-corrected chi connectivity index (χ4v) is 8.75. The fraction of sp³-hybridized carbons (Fsp3) is 0.405. The molecule has 1 aliphatic heterocycles. The summed E-state index contributed by atoms with van der Waals surface area (Å²) < 4.78 is 16.8. The van der Waals surface area contributed by atoms with Gasteiger partial charge in [-0.05, 0) is 131 Å². The monoisotopic (exact) mass is 750 g/mol. The molecule has 2 aromatic heterocycles. The van der Waals surface area contributed by atoms with E-state index in [1.54, 1.807) is 62.4 Å². The van der Waals surface area contributed by atoms with Crippen LogP contribution < -0.4 is 20.7 Å². The van der Waals surface area contributed by atoms with Gasteiger partial charge in [-0.3, -0.25) is 9.59 Å². The maximum Gasteiger partial charge on any atom is 0.407 e. The van der Waals surface area contributed by atoms with E-state index < -0.39 is 23.6 Å². The van der Waals surface area contributed by atoms with E-state index in [1.165, 1.54) is 7.11 Å². The van der Waals surface area contributed by atoms with E-state index in [-0.39, 0.29) is 34.9 Å². The lowest BCUT2D eigenvalue weighted by Crippen LogP contribution is -2.53. The number of nitrogens with zero attached hydrogens (tertiary/aromatic N) is 1. The van der Waals surface area contributed by atoms with Crippen molar-refractivity contribution in [1.82, 2.24) is 15.6 Å². The van der Waals surface area contributed by atoms with Crippen LogP contribution in [0.25, 0.3) is 21.6 Å². The van der Waals surface area contributed by atoms with Crippen LogP contribution in [0.1, 0.15) is 107 Å². The van der Waals surface area contributed by atoms with Crippen molar-refractivity contribution in [2.75, 3.05) is 19.0 Å². The molecule has 3 N–H and O–H groups in total. The van der Waals surface area contributed by atoms with Gasteiger partial charge in [0.25, 0.3) is 11.8 Å². The molecule has 3 heterocycles. The van der Waals surface area contributed by atoms with Crippen molar-refractivity contribution in [1.29, 1.82) is 0 Å². The average molecular weight is 751 g/mol. The standard InChI is InChI=1S/C42H46N4O7S/c1-24-20-26(23-43-40(50)53-41(2,3)4)6-8-32(24)45-37(47)30-21-31-34(52-18-13-27-14-19-54-36(27)31)22-29(30)28-7-9-33(44-35(28)39(49)51-5)38(48)46-42-15-10-25(11-16-42)12-17-42/h6-9,14,19-22,25H,10-13,15-18,23H2,1-5H3,(H,43,50)(H,45,47)(H,46,48). The summed E-state index contributed by atoms with van der Waals surface area (Å²) in [7, 11) is 1.27. The number of ether oxygens (including phenoxy) is 3. The van der Waals surface area contributed by atoms with Gasteiger partial charge in [0.15, 0.2) is 5.69 Å². The Balaban J connectivity index is 1.23. The highest BCUT2D eigenvalue weighted by molar-refractivity contribution is 7.13. The van der Waals surface area contributed by atoms with Gasteiger partial charge >= 0.3 is 12.1 Å². The zero-order valence-corrected chi connectivity index (χ0v) is 32.2. The first-order chi connectivity index (χ1) is 25.8. The molecule has 2 aromatic carbocycles. The number of pyridine rings is 1. The normalized spacial score (nSPS) is 18.6. The number of aromatic nitrogens is 1. The van der Waals surface area contributed by atoms with Gasteiger partial charge in [-0.1, -0.05) is 12.1 Å². The summed E-state index contributed by atoms with van der Waals surface area (Å²) in [4.78, 5) is 59.3. The Bertz CT molecular complexity index is 2110. The third kappa shape index (κ3) is 7.84. The number of aryl methyl sites for hydroxylation is 1. The summed E-state index contributed by atoms with van der Waals surface area (Å²) in [6, 6.07) is 14.4. The Kier molecular flexibility index (Phi) is 10.2. The van der Waals surface area contributed by atoms with E-state index in [0.717, 1.165) is 71.6 Å². The predicted molar refractivity (Wildman–Crippen MR) is 207 cm³/mol. The van der Waals surface area contributed by atoms with E-state index in [1.807, 2.05) is 24.4 Å². The highest BCUT2D eigenvalue weighted by Crippen LogP contribution is 2.45. The minimum atomic E-state index is -0.731. The largest absolute Gasteiger partial charge is 0.493 e. The van der Waals surface area contributed by atoms with Crippen molar-refractivity contribution in [3.63, 3.8) is 0 Å². The summed E-state index contributed by atoms with van der Waals surface area (Å²) >= 11 is 1.57. The van der Waals surface area contributed by atoms with Crippen molar-refractivity contribution in [2.45, 2.75) is 90.3 Å². The second kappa shape index (κ2) is 14.9. The summed E-state index contributed by atoms with van der Waals surface area (Å²) in [6.07, 6.45) is 6.33. The Morgan fingerprint density at radius 3 is 2.41 bits per heavy atom. The number of rotatable bonds is 8. The number of esters is 1. The number of hydrogen-bond acceptors (Lipinski definition) is 9. The minimum absolute atomic E-state index is 0.0764. The number of benzene rings is 2. The number of methoxy groups -OCH3 is 1. The fourth-order valence-electron chi connectivity index (χ4n) is 7.78. The summed E-state index contributed by atoms with van der Waals surface area (Å²) in [5.41, 5.74) is 4.29. The molecule has 11 nitrogen and oxygen atoms in total. The van der Waals surface area contributed by atoms with Gasteiger partial charge in [-0.2, -0.15) is 0 Å². The van der Waals surface area contributed by atoms with Crippen molar-refractivity contribution < 1.29 is 33.4 Å². The molecule has 0 atom stereocenters. The molecule has 4 aliphatic rings. The molecule has 3 amide bonds. The van der Waals surface area contributed by atoms with E-state index in [0.29, 0.717) is 35.6 Å². The first-order valence-electron chi connectivity index (χ1n) is 18.5. The zero-order chi connectivity index (χ0) is 38.2. The molecule has 0 spiro atoms. The molecule has 282 valence electrons. The Morgan fingerprint density at radius 2 is 1.70 bits per heavy atom. The predicted octanol–water partition coefficient (Wildman–Crippen LogP) is 8.24. The van der Waals surface area contributed by atoms with Crippen LogP contribution in [0.4, 0.5) is 10.5 Å². The van der Waals surface area contributed by atoms with Crippen LogP contribution >= 0.6 is 11.3 Å². The van der Waals surface area contributed by atoms with E-state index >= 15 is 0 Å². The maximum atomic E-state index is 14.4. The second-order valence-corrected chi connectivity index (χ2v) is 16.4. The third-order valence-corrected chi connectivity index (χ3v) is 11.6. The number of hydrogen-bond donors (Lipinski definition) is 3. The van der Waals surface area contributed by atoms with Crippen LogP contribution in [0.3, 0.4) is 0 Å². The molecule has 12 heteroatoms. The van der Waals surface area contributed by atoms with E-state index in [2.05, 4.69) is 27.0 Å². The van der Waals surface area contributed by atoms with E-state index in [9.17, 15) is 19.2 Å². The van der Waals surface area contributed by atoms with Crippen molar-refractivity contribution in [2.24, 2.45) is 5.92 Å². The van der Waals surface area contributed by atoms with Gasteiger partial charge in [0.05, 0.1) is 13.7 Å². The number of nitrogens with one attached hydrogen (secondary N) is 3. The molecule has 0 saturated heterocycles. The number of fused-ring (bicyclic) bond motifs is 6. The zero-order valence-electron chi connectivity index (χ0n) is 31.4. The van der Waals surface area contributed by atoms with Crippen LogP contribution in [0.5, 0.6) is 5.75 Å². The molecule has 0 radical (unpaired) electrons. The highest BCUT2D eigenvalue weighted by atomic mass is 32.1. The Morgan fingerprint density at radius 1 is 0.944 bits per heavy atom. The number of alkyl carbamates (subject to hydrolysis) is 1. The Hall–Kier alpha value is -5.23. The van der Waals surface area contributed by atoms with E-state index in [4.69, 9.17) is 14.2 Å². The van der Waals surface area contributed by atoms with Crippen LogP contribution in [0.15, 0.2) is 53.9 Å². The SMILES string of the molecule is COC(=O)c1nc(C(=O)NC23CCC(CC2)CC3)ccc1-c1cc2c(cc1C(=O)Nc1ccc(CNC(=O)OC(C)(C)C)cc1C)-c1sccc1CCO2. The van der Waals surface area contributed by atoms with Gasteiger partial charge in [-0.25, -0.2) is 14.6 Å². The molecule has 54 heavy (non-hydrogen) atoms. The van der Waals surface area contributed by atoms with Gasteiger partial charge in [0, 0.05) is 51.3 Å². The second-order valence-electron chi connectivity index (χ2n) is 15.5. The molecule has 3 fully saturated rings. The quantitative estimate of drug-likeness (QED) is 0.153. The molecule has 3 saturated carbocycles. The first-order valence-corrected chi connectivity index (χ1v) is 19.4. The lowest BCUT2D eigenvalue weighted by atomic mass is 9.66. The maximum absolute atomic E-state index is 14.4. The highest BCUT2D eigenvalue weighted by Gasteiger charge is 2.41. The molecule has 0 unspecified atom stereocenters. The van der Waals surface area contributed by atoms with Gasteiger partial charge < -0.3 is 30.2 Å². The van der Waals surface area contributed by atoms with Crippen molar-refractivity contribution in [3.8, 4) is 27.3 Å². The minimum Gasteiger partial charge on any atom is -0.493 e. The van der Waals surface area contributed by atoms with Gasteiger partial charge in [0.2, 0.25) is 0 Å². The van der Waals surface area contributed by atoms with Crippen LogP contribution in [-0.4, -0.2) is 53.7 Å². The lowest BCUT2D eigenvalue weighted by molar-refractivity contribution is 0.0521. The molecule has 3 aliphatic carbocycles. The summed E-state index contributed by atoms with van der Waals surface area (Å²) in [5, 5.41) is 11.1. The van der Waals surface area contributed by atoms with Crippen molar-refractivity contribution >= 4 is 40.9 Å². The van der Waals surface area contributed by atoms with Crippen LogP contribution in [-0.2, 0) is 22.4 Å². The van der Waals surface area contributed by atoms with Crippen LogP contribution in [0.2, 0.25) is 0 Å². The number of anilines is 1.